The van der Waals surface area contributed by atoms with Gasteiger partial charge in [0.15, 0.2) is 5.96 Å². The second-order valence-corrected chi connectivity index (χ2v) is 5.04. The smallest absolute Gasteiger partial charge is 0.188 e. The molecule has 0 bridgehead atoms. The molecule has 0 fully saturated rings. The molecule has 2 aromatic rings. The molecule has 0 spiro atoms. The second-order valence-electron chi connectivity index (χ2n) is 5.04. The van der Waals surface area contributed by atoms with Crippen LogP contribution in [0.15, 0.2) is 59.6 Å². The molecule has 0 aliphatic heterocycles. The zero-order chi connectivity index (χ0) is 15.6. The number of hydrogen-bond donors (Lipinski definition) is 2. The lowest BCUT2D eigenvalue weighted by Gasteiger charge is -2.10. The van der Waals surface area contributed by atoms with Gasteiger partial charge in [0.1, 0.15) is 12.4 Å². The van der Waals surface area contributed by atoms with Gasteiger partial charge in [0.05, 0.1) is 6.54 Å². The van der Waals surface area contributed by atoms with E-state index in [-0.39, 0.29) is 0 Å². The van der Waals surface area contributed by atoms with Crippen molar-refractivity contribution in [2.75, 3.05) is 19.7 Å². The largest absolute Gasteiger partial charge is 0.491 e. The van der Waals surface area contributed by atoms with E-state index < -0.39 is 0 Å². The molecule has 2 rings (SSSR count). The van der Waals surface area contributed by atoms with E-state index >= 15 is 0 Å². The summed E-state index contributed by atoms with van der Waals surface area (Å²) in [6.07, 6.45) is 0.892. The average Bonchev–Trinajstić information content (AvgIpc) is 2.54. The second kappa shape index (κ2) is 8.72. The van der Waals surface area contributed by atoms with Crippen molar-refractivity contribution in [2.45, 2.75) is 13.3 Å². The van der Waals surface area contributed by atoms with Gasteiger partial charge in [-0.05, 0) is 30.5 Å². The van der Waals surface area contributed by atoms with Gasteiger partial charge in [-0.1, -0.05) is 48.5 Å². The lowest BCUT2D eigenvalue weighted by atomic mass is 10.2. The Morgan fingerprint density at radius 1 is 1.09 bits per heavy atom. The molecule has 0 aromatic heterocycles. The van der Waals surface area contributed by atoms with Gasteiger partial charge in [-0.2, -0.15) is 0 Å². The molecule has 0 amide bonds. The number of guanidine groups is 1. The average molecular weight is 297 g/mol. The number of nitrogens with one attached hydrogen (secondary N) is 1. The molecule has 0 aliphatic rings. The van der Waals surface area contributed by atoms with E-state index in [9.17, 15) is 0 Å². The molecule has 3 N–H and O–H groups in total. The maximum atomic E-state index is 5.83. The maximum Gasteiger partial charge on any atom is 0.188 e. The van der Waals surface area contributed by atoms with Crippen molar-refractivity contribution in [1.82, 2.24) is 5.32 Å². The number of aliphatic imine (C=N–C) groups is 1. The lowest BCUT2D eigenvalue weighted by Crippen LogP contribution is -2.35. The highest BCUT2D eigenvalue weighted by Gasteiger charge is 1.97. The molecule has 0 atom stereocenters. The Bertz CT molecular complexity index is 596. The van der Waals surface area contributed by atoms with Crippen LogP contribution in [0.5, 0.6) is 5.75 Å². The third-order valence-electron chi connectivity index (χ3n) is 3.28. The Kier molecular flexibility index (Phi) is 6.30. The Morgan fingerprint density at radius 2 is 1.82 bits per heavy atom. The Hall–Kier alpha value is -2.49. The van der Waals surface area contributed by atoms with Gasteiger partial charge < -0.3 is 15.8 Å². The number of nitrogens with two attached hydrogens (primary N) is 1. The van der Waals surface area contributed by atoms with Crippen molar-refractivity contribution in [3.05, 3.63) is 65.7 Å². The molecular weight excluding hydrogens is 274 g/mol. The molecule has 4 nitrogen and oxygen atoms in total. The third kappa shape index (κ3) is 5.48. The summed E-state index contributed by atoms with van der Waals surface area (Å²) in [6, 6.07) is 18.2. The minimum atomic E-state index is 0.462. The van der Waals surface area contributed by atoms with Crippen LogP contribution in [-0.4, -0.2) is 25.7 Å². The normalized spacial score (nSPS) is 11.2. The van der Waals surface area contributed by atoms with Gasteiger partial charge >= 0.3 is 0 Å². The van der Waals surface area contributed by atoms with Crippen LogP contribution in [0.3, 0.4) is 0 Å². The molecule has 22 heavy (non-hydrogen) atoms. The zero-order valence-electron chi connectivity index (χ0n) is 13.0. The van der Waals surface area contributed by atoms with Crippen molar-refractivity contribution >= 4 is 5.96 Å². The van der Waals surface area contributed by atoms with Crippen LogP contribution >= 0.6 is 0 Å². The first-order chi connectivity index (χ1) is 10.8. The van der Waals surface area contributed by atoms with E-state index in [4.69, 9.17) is 10.5 Å². The summed E-state index contributed by atoms with van der Waals surface area (Å²) in [4.78, 5) is 4.31. The molecule has 4 heteroatoms. The van der Waals surface area contributed by atoms with Crippen molar-refractivity contribution < 1.29 is 4.74 Å². The van der Waals surface area contributed by atoms with Crippen molar-refractivity contribution in [2.24, 2.45) is 10.7 Å². The molecule has 2 aromatic carbocycles. The number of rotatable bonds is 7. The summed E-state index contributed by atoms with van der Waals surface area (Å²) in [5, 5.41) is 3.06. The summed E-state index contributed by atoms with van der Waals surface area (Å²) < 4.78 is 5.69. The predicted octanol–water partition coefficient (Wildman–Crippen LogP) is 2.52. The number of benzene rings is 2. The molecule has 0 heterocycles. The Labute approximate surface area is 132 Å². The highest BCUT2D eigenvalue weighted by Crippen LogP contribution is 2.15. The lowest BCUT2D eigenvalue weighted by molar-refractivity contribution is 0.320. The molecule has 116 valence electrons. The molecule has 0 unspecified atom stereocenters. The van der Waals surface area contributed by atoms with Gasteiger partial charge in [0.25, 0.3) is 0 Å². The summed E-state index contributed by atoms with van der Waals surface area (Å²) in [5.41, 5.74) is 8.23. The number of aryl methyl sites for hydroxylation is 1. The SMILES string of the molecule is Cc1ccccc1OCCNC(N)=NCCc1ccccc1. The Morgan fingerprint density at radius 3 is 2.59 bits per heavy atom. The molecule has 0 saturated heterocycles. The standard InChI is InChI=1S/C18H23N3O/c1-15-7-5-6-10-17(15)22-14-13-21-18(19)20-12-11-16-8-3-2-4-9-16/h2-10H,11-14H2,1H3,(H3,19,20,21). The minimum Gasteiger partial charge on any atom is -0.491 e. The van der Waals surface area contributed by atoms with Gasteiger partial charge in [-0.3, -0.25) is 4.99 Å². The number of para-hydroxylation sites is 1. The van der Waals surface area contributed by atoms with Crippen LogP contribution in [0, 0.1) is 6.92 Å². The van der Waals surface area contributed by atoms with Crippen LogP contribution < -0.4 is 15.8 Å². The molecular formula is C18H23N3O. The van der Waals surface area contributed by atoms with E-state index in [1.165, 1.54) is 5.56 Å². The summed E-state index contributed by atoms with van der Waals surface area (Å²) in [5.74, 6) is 1.37. The molecule has 0 saturated carbocycles. The van der Waals surface area contributed by atoms with Gasteiger partial charge in [-0.15, -0.1) is 0 Å². The zero-order valence-corrected chi connectivity index (χ0v) is 13.0. The summed E-state index contributed by atoms with van der Waals surface area (Å²) >= 11 is 0. The highest BCUT2D eigenvalue weighted by atomic mass is 16.5. The van der Waals surface area contributed by atoms with Crippen LogP contribution in [0.4, 0.5) is 0 Å². The third-order valence-corrected chi connectivity index (χ3v) is 3.28. The first kappa shape index (κ1) is 15.9. The van der Waals surface area contributed by atoms with Crippen molar-refractivity contribution in [3.63, 3.8) is 0 Å². The predicted molar refractivity (Wildman–Crippen MR) is 91.3 cm³/mol. The van der Waals surface area contributed by atoms with E-state index in [1.54, 1.807) is 0 Å². The summed E-state index contributed by atoms with van der Waals surface area (Å²) in [7, 11) is 0. The van der Waals surface area contributed by atoms with E-state index in [1.807, 2.05) is 49.4 Å². The van der Waals surface area contributed by atoms with Crippen LogP contribution in [0.1, 0.15) is 11.1 Å². The molecule has 0 radical (unpaired) electrons. The summed E-state index contributed by atoms with van der Waals surface area (Å²) in [6.45, 7) is 3.90. The Balaban J connectivity index is 1.64. The van der Waals surface area contributed by atoms with Crippen LogP contribution in [0.2, 0.25) is 0 Å². The fourth-order valence-electron chi connectivity index (χ4n) is 2.06. The van der Waals surface area contributed by atoms with Crippen LogP contribution in [-0.2, 0) is 6.42 Å². The number of nitrogens with zero attached hydrogens (tertiary/aromatic N) is 1. The van der Waals surface area contributed by atoms with Gasteiger partial charge in [0, 0.05) is 6.54 Å². The topological polar surface area (TPSA) is 59.6 Å². The maximum absolute atomic E-state index is 5.83. The van der Waals surface area contributed by atoms with Crippen molar-refractivity contribution in [1.29, 1.82) is 0 Å². The first-order valence-electron chi connectivity index (χ1n) is 7.52. The minimum absolute atomic E-state index is 0.462. The van der Waals surface area contributed by atoms with Crippen molar-refractivity contribution in [3.8, 4) is 5.75 Å². The van der Waals surface area contributed by atoms with Crippen LogP contribution in [0.25, 0.3) is 0 Å². The monoisotopic (exact) mass is 297 g/mol. The quantitative estimate of drug-likeness (QED) is 0.469. The van der Waals surface area contributed by atoms with Gasteiger partial charge in [0.2, 0.25) is 0 Å². The fraction of sp³-hybridized carbons (Fsp3) is 0.278. The first-order valence-corrected chi connectivity index (χ1v) is 7.52. The van der Waals surface area contributed by atoms with E-state index in [0.29, 0.717) is 25.7 Å². The highest BCUT2D eigenvalue weighted by molar-refractivity contribution is 5.77. The number of ether oxygens (including phenoxy) is 1. The van der Waals surface area contributed by atoms with Gasteiger partial charge in [-0.25, -0.2) is 0 Å². The van der Waals surface area contributed by atoms with E-state index in [0.717, 1.165) is 17.7 Å². The molecule has 0 aliphatic carbocycles. The van der Waals surface area contributed by atoms with E-state index in [2.05, 4.69) is 22.4 Å². The fourth-order valence-corrected chi connectivity index (χ4v) is 2.06. The number of hydrogen-bond acceptors (Lipinski definition) is 2.